The van der Waals surface area contributed by atoms with Crippen molar-refractivity contribution in [2.75, 3.05) is 36.4 Å². The molecular formula is C21H26N4O2. The van der Waals surface area contributed by atoms with Crippen LogP contribution >= 0.6 is 0 Å². The summed E-state index contributed by atoms with van der Waals surface area (Å²) >= 11 is 0. The molecule has 2 amide bonds. The van der Waals surface area contributed by atoms with Gasteiger partial charge in [0, 0.05) is 38.1 Å². The molecule has 1 aliphatic rings. The summed E-state index contributed by atoms with van der Waals surface area (Å²) in [6, 6.07) is 11.8. The van der Waals surface area contributed by atoms with Gasteiger partial charge in [-0.25, -0.2) is 4.98 Å². The Balaban J connectivity index is 1.63. The van der Waals surface area contributed by atoms with E-state index < -0.39 is 11.8 Å². The van der Waals surface area contributed by atoms with E-state index in [0.717, 1.165) is 35.5 Å². The van der Waals surface area contributed by atoms with Crippen LogP contribution in [0.5, 0.6) is 0 Å². The number of nitrogens with one attached hydrogen (secondary N) is 1. The molecule has 6 nitrogen and oxygen atoms in total. The number of benzene rings is 1. The summed E-state index contributed by atoms with van der Waals surface area (Å²) in [6.45, 7) is 6.45. The fourth-order valence-electron chi connectivity index (χ4n) is 3.39. The number of hydrogen-bond donors (Lipinski definition) is 1. The van der Waals surface area contributed by atoms with Gasteiger partial charge in [-0.05, 0) is 36.1 Å². The molecule has 0 saturated carbocycles. The first kappa shape index (κ1) is 18.9. The zero-order chi connectivity index (χ0) is 19.2. The lowest BCUT2D eigenvalue weighted by molar-refractivity contribution is -0.143. The SMILES string of the molecule is CCc1cccc(CC)c1NC(=O)C(=O)N1CCN(c2ccccn2)CC1. The molecule has 6 heteroatoms. The van der Waals surface area contributed by atoms with Crippen LogP contribution in [0.1, 0.15) is 25.0 Å². The molecule has 2 aromatic rings. The van der Waals surface area contributed by atoms with Gasteiger partial charge in [0.1, 0.15) is 5.82 Å². The highest BCUT2D eigenvalue weighted by Gasteiger charge is 2.27. The van der Waals surface area contributed by atoms with E-state index in [9.17, 15) is 9.59 Å². The summed E-state index contributed by atoms with van der Waals surface area (Å²) in [5.74, 6) is -0.126. The predicted molar refractivity (Wildman–Crippen MR) is 107 cm³/mol. The van der Waals surface area contributed by atoms with Gasteiger partial charge in [0.05, 0.1) is 0 Å². The summed E-state index contributed by atoms with van der Waals surface area (Å²) in [7, 11) is 0. The Morgan fingerprint density at radius 3 is 2.19 bits per heavy atom. The van der Waals surface area contributed by atoms with Crippen LogP contribution in [0.4, 0.5) is 11.5 Å². The summed E-state index contributed by atoms with van der Waals surface area (Å²) in [5, 5.41) is 2.86. The maximum atomic E-state index is 12.6. The number of amides is 2. The highest BCUT2D eigenvalue weighted by atomic mass is 16.2. The molecule has 1 aromatic heterocycles. The van der Waals surface area contributed by atoms with Gasteiger partial charge in [-0.3, -0.25) is 9.59 Å². The van der Waals surface area contributed by atoms with Crippen LogP contribution in [0.15, 0.2) is 42.6 Å². The summed E-state index contributed by atoms with van der Waals surface area (Å²) in [4.78, 5) is 33.3. The number of aromatic nitrogens is 1. The van der Waals surface area contributed by atoms with Gasteiger partial charge in [0.25, 0.3) is 0 Å². The zero-order valence-corrected chi connectivity index (χ0v) is 15.9. The van der Waals surface area contributed by atoms with Gasteiger partial charge in [0.2, 0.25) is 0 Å². The van der Waals surface area contributed by atoms with Gasteiger partial charge in [-0.1, -0.05) is 38.1 Å². The highest BCUT2D eigenvalue weighted by molar-refractivity contribution is 6.39. The fraction of sp³-hybridized carbons (Fsp3) is 0.381. The number of anilines is 2. The largest absolute Gasteiger partial charge is 0.353 e. The van der Waals surface area contributed by atoms with Crippen molar-refractivity contribution in [1.82, 2.24) is 9.88 Å². The Hall–Kier alpha value is -2.89. The third-order valence-corrected chi connectivity index (χ3v) is 4.97. The normalized spacial score (nSPS) is 14.1. The average molecular weight is 366 g/mol. The quantitative estimate of drug-likeness (QED) is 0.845. The first-order valence-corrected chi connectivity index (χ1v) is 9.51. The second-order valence-corrected chi connectivity index (χ2v) is 6.58. The van der Waals surface area contributed by atoms with Crippen molar-refractivity contribution < 1.29 is 9.59 Å². The average Bonchev–Trinajstić information content (AvgIpc) is 2.74. The van der Waals surface area contributed by atoms with E-state index in [-0.39, 0.29) is 0 Å². The van der Waals surface area contributed by atoms with Gasteiger partial charge in [-0.2, -0.15) is 0 Å². The number of hydrogen-bond acceptors (Lipinski definition) is 4. The Bertz CT molecular complexity index is 777. The monoisotopic (exact) mass is 366 g/mol. The number of piperazine rings is 1. The molecule has 0 unspecified atom stereocenters. The van der Waals surface area contributed by atoms with Crippen molar-refractivity contribution in [3.63, 3.8) is 0 Å². The second kappa shape index (κ2) is 8.66. The Morgan fingerprint density at radius 1 is 0.963 bits per heavy atom. The van der Waals surface area contributed by atoms with E-state index in [1.807, 2.05) is 50.2 Å². The maximum absolute atomic E-state index is 12.6. The topological polar surface area (TPSA) is 65.5 Å². The minimum atomic E-state index is -0.558. The van der Waals surface area contributed by atoms with Crippen molar-refractivity contribution >= 4 is 23.3 Å². The van der Waals surface area contributed by atoms with Crippen LogP contribution < -0.4 is 10.2 Å². The molecule has 1 aromatic carbocycles. The van der Waals surface area contributed by atoms with Crippen molar-refractivity contribution in [1.29, 1.82) is 0 Å². The van der Waals surface area contributed by atoms with Crippen molar-refractivity contribution in [3.8, 4) is 0 Å². The molecule has 142 valence electrons. The molecule has 0 spiro atoms. The molecule has 27 heavy (non-hydrogen) atoms. The molecular weight excluding hydrogens is 340 g/mol. The Kier molecular flexibility index (Phi) is 6.06. The van der Waals surface area contributed by atoms with E-state index >= 15 is 0 Å². The van der Waals surface area contributed by atoms with E-state index in [4.69, 9.17) is 0 Å². The maximum Gasteiger partial charge on any atom is 0.313 e. The molecule has 1 saturated heterocycles. The highest BCUT2D eigenvalue weighted by Crippen LogP contribution is 2.23. The van der Waals surface area contributed by atoms with Crippen LogP contribution in [0.2, 0.25) is 0 Å². The zero-order valence-electron chi connectivity index (χ0n) is 15.9. The summed E-state index contributed by atoms with van der Waals surface area (Å²) in [5.41, 5.74) is 2.89. The molecule has 1 aliphatic heterocycles. The number of para-hydroxylation sites is 1. The van der Waals surface area contributed by atoms with Crippen molar-refractivity contribution in [2.24, 2.45) is 0 Å². The minimum Gasteiger partial charge on any atom is -0.353 e. The Morgan fingerprint density at radius 2 is 1.63 bits per heavy atom. The number of aryl methyl sites for hydroxylation is 2. The van der Waals surface area contributed by atoms with Gasteiger partial charge < -0.3 is 15.1 Å². The summed E-state index contributed by atoms with van der Waals surface area (Å²) in [6.07, 6.45) is 3.37. The fourth-order valence-corrected chi connectivity index (χ4v) is 3.39. The van der Waals surface area contributed by atoms with Crippen molar-refractivity contribution in [2.45, 2.75) is 26.7 Å². The van der Waals surface area contributed by atoms with E-state index in [0.29, 0.717) is 26.2 Å². The minimum absolute atomic E-state index is 0.469. The predicted octanol–water partition coefficient (Wildman–Crippen LogP) is 2.49. The molecule has 1 N–H and O–H groups in total. The molecule has 1 fully saturated rings. The molecule has 0 radical (unpaired) electrons. The smallest absolute Gasteiger partial charge is 0.313 e. The first-order chi connectivity index (χ1) is 13.1. The molecule has 0 aliphatic carbocycles. The lowest BCUT2D eigenvalue weighted by Crippen LogP contribution is -2.51. The number of nitrogens with zero attached hydrogens (tertiary/aromatic N) is 3. The molecule has 0 atom stereocenters. The lowest BCUT2D eigenvalue weighted by atomic mass is 10.0. The second-order valence-electron chi connectivity index (χ2n) is 6.58. The Labute approximate surface area is 160 Å². The van der Waals surface area contributed by atoms with Gasteiger partial charge >= 0.3 is 11.8 Å². The van der Waals surface area contributed by atoms with Crippen molar-refractivity contribution in [3.05, 3.63) is 53.7 Å². The number of pyridine rings is 1. The van der Waals surface area contributed by atoms with E-state index in [1.54, 1.807) is 11.1 Å². The standard InChI is InChI=1S/C21H26N4O2/c1-3-16-8-7-9-17(4-2)19(16)23-20(26)21(27)25-14-12-24(13-15-25)18-10-5-6-11-22-18/h5-11H,3-4,12-15H2,1-2H3,(H,23,26). The van der Waals surface area contributed by atoms with Gasteiger partial charge in [-0.15, -0.1) is 0 Å². The van der Waals surface area contributed by atoms with Crippen LogP contribution in [-0.4, -0.2) is 47.9 Å². The molecule has 2 heterocycles. The van der Waals surface area contributed by atoms with Gasteiger partial charge in [0.15, 0.2) is 0 Å². The van der Waals surface area contributed by atoms with Crippen LogP contribution in [0.3, 0.4) is 0 Å². The van der Waals surface area contributed by atoms with Crippen LogP contribution in [-0.2, 0) is 22.4 Å². The van der Waals surface area contributed by atoms with E-state index in [1.165, 1.54) is 0 Å². The van der Waals surface area contributed by atoms with E-state index in [2.05, 4.69) is 15.2 Å². The number of carbonyl (C=O) groups is 2. The van der Waals surface area contributed by atoms with Crippen LogP contribution in [0.25, 0.3) is 0 Å². The third-order valence-electron chi connectivity index (χ3n) is 4.97. The first-order valence-electron chi connectivity index (χ1n) is 9.51. The van der Waals surface area contributed by atoms with Crippen LogP contribution in [0, 0.1) is 0 Å². The number of rotatable bonds is 4. The molecule has 3 rings (SSSR count). The lowest BCUT2D eigenvalue weighted by Gasteiger charge is -2.35. The summed E-state index contributed by atoms with van der Waals surface area (Å²) < 4.78 is 0. The molecule has 0 bridgehead atoms. The third kappa shape index (κ3) is 4.27. The number of carbonyl (C=O) groups excluding carboxylic acids is 2.